The molecule has 0 unspecified atom stereocenters. The number of hydrogen-bond donors (Lipinski definition) is 2. The van der Waals surface area contributed by atoms with Crippen LogP contribution in [0.5, 0.6) is 0 Å². The molecule has 0 radical (unpaired) electrons. The van der Waals surface area contributed by atoms with Gasteiger partial charge in [0.05, 0.1) is 21.2 Å². The van der Waals surface area contributed by atoms with Crippen LogP contribution in [0.15, 0.2) is 36.4 Å². The van der Waals surface area contributed by atoms with Crippen LogP contribution in [0, 0.1) is 21.8 Å². The van der Waals surface area contributed by atoms with Gasteiger partial charge >= 0.3 is 0 Å². The van der Waals surface area contributed by atoms with Gasteiger partial charge in [-0.15, -0.1) is 0 Å². The van der Waals surface area contributed by atoms with Crippen molar-refractivity contribution in [1.82, 2.24) is 0 Å². The van der Waals surface area contributed by atoms with E-state index in [2.05, 4.69) is 10.6 Å². The van der Waals surface area contributed by atoms with E-state index in [1.807, 2.05) is 0 Å². The third-order valence-electron chi connectivity index (χ3n) is 3.84. The minimum absolute atomic E-state index is 0.0326. The molecule has 9 heteroatoms. The summed E-state index contributed by atoms with van der Waals surface area (Å²) in [5.74, 6) is -1.58. The van der Waals surface area contributed by atoms with Crippen LogP contribution in [0.3, 0.4) is 0 Å². The van der Waals surface area contributed by atoms with Gasteiger partial charge in [-0.05, 0) is 37.1 Å². The molecule has 0 bridgehead atoms. The SMILES string of the molecule is O=C(Nc1ccc(F)c(NC(=O)C2CC2)c1)c1ccc([N+](=O)[O-])cc1Cl. The van der Waals surface area contributed by atoms with Crippen molar-refractivity contribution in [1.29, 1.82) is 0 Å². The summed E-state index contributed by atoms with van der Waals surface area (Å²) >= 11 is 5.92. The summed E-state index contributed by atoms with van der Waals surface area (Å²) in [5, 5.41) is 15.6. The van der Waals surface area contributed by atoms with Gasteiger partial charge in [-0.25, -0.2) is 4.39 Å². The van der Waals surface area contributed by atoms with E-state index in [4.69, 9.17) is 11.6 Å². The van der Waals surface area contributed by atoms with Gasteiger partial charge in [-0.2, -0.15) is 0 Å². The zero-order valence-electron chi connectivity index (χ0n) is 13.3. The first-order chi connectivity index (χ1) is 12.3. The van der Waals surface area contributed by atoms with Crippen molar-refractivity contribution in [3.63, 3.8) is 0 Å². The monoisotopic (exact) mass is 377 g/mol. The molecule has 2 aromatic rings. The van der Waals surface area contributed by atoms with Crippen molar-refractivity contribution in [2.24, 2.45) is 5.92 Å². The molecule has 1 saturated carbocycles. The molecule has 1 aliphatic rings. The number of nitro benzene ring substituents is 1. The first-order valence-corrected chi connectivity index (χ1v) is 8.08. The fourth-order valence-electron chi connectivity index (χ4n) is 2.28. The molecule has 7 nitrogen and oxygen atoms in total. The highest BCUT2D eigenvalue weighted by Gasteiger charge is 2.30. The Morgan fingerprint density at radius 3 is 2.50 bits per heavy atom. The van der Waals surface area contributed by atoms with E-state index in [9.17, 15) is 24.1 Å². The lowest BCUT2D eigenvalue weighted by atomic mass is 10.2. The van der Waals surface area contributed by atoms with Gasteiger partial charge in [0.25, 0.3) is 11.6 Å². The standard InChI is InChI=1S/C17H13ClFN3O4/c18-13-8-11(22(25)26)4-5-12(13)17(24)20-10-3-6-14(19)15(7-10)21-16(23)9-1-2-9/h3-9H,1-2H2,(H,20,24)(H,21,23). The van der Waals surface area contributed by atoms with E-state index >= 15 is 0 Å². The quantitative estimate of drug-likeness (QED) is 0.607. The molecule has 0 aromatic heterocycles. The topological polar surface area (TPSA) is 101 Å². The fraction of sp³-hybridized carbons (Fsp3) is 0.176. The first kappa shape index (κ1) is 17.8. The Morgan fingerprint density at radius 2 is 1.88 bits per heavy atom. The van der Waals surface area contributed by atoms with Crippen LogP contribution in [-0.4, -0.2) is 16.7 Å². The summed E-state index contributed by atoms with van der Waals surface area (Å²) in [7, 11) is 0. The highest BCUT2D eigenvalue weighted by Crippen LogP contribution is 2.31. The maximum absolute atomic E-state index is 13.8. The van der Waals surface area contributed by atoms with E-state index in [-0.39, 0.29) is 39.5 Å². The predicted octanol–water partition coefficient (Wildman–Crippen LogP) is 3.99. The van der Waals surface area contributed by atoms with Crippen molar-refractivity contribution in [3.8, 4) is 0 Å². The number of halogens is 2. The van der Waals surface area contributed by atoms with Gasteiger partial charge in [0.1, 0.15) is 5.82 Å². The zero-order valence-corrected chi connectivity index (χ0v) is 14.0. The molecule has 1 fully saturated rings. The Labute approximate surface area is 152 Å². The minimum atomic E-state index is -0.623. The normalized spacial score (nSPS) is 13.2. The smallest absolute Gasteiger partial charge is 0.270 e. The van der Waals surface area contributed by atoms with Crippen LogP contribution >= 0.6 is 11.6 Å². The molecule has 2 aromatic carbocycles. The van der Waals surface area contributed by atoms with Gasteiger partial charge in [0, 0.05) is 23.7 Å². The van der Waals surface area contributed by atoms with E-state index in [1.54, 1.807) is 0 Å². The Hall–Kier alpha value is -3.00. The number of carbonyl (C=O) groups is 2. The summed E-state index contributed by atoms with van der Waals surface area (Å²) < 4.78 is 13.8. The Kier molecular flexibility index (Phi) is 4.85. The largest absolute Gasteiger partial charge is 0.323 e. The molecule has 2 amide bonds. The molecule has 0 atom stereocenters. The lowest BCUT2D eigenvalue weighted by molar-refractivity contribution is -0.384. The van der Waals surface area contributed by atoms with Crippen molar-refractivity contribution in [2.45, 2.75) is 12.8 Å². The molecule has 1 aliphatic carbocycles. The molecular formula is C17H13ClFN3O4. The number of anilines is 2. The number of nitrogens with one attached hydrogen (secondary N) is 2. The summed E-state index contributed by atoms with van der Waals surface area (Å²) in [6.45, 7) is 0. The highest BCUT2D eigenvalue weighted by atomic mass is 35.5. The van der Waals surface area contributed by atoms with Gasteiger partial charge in [0.2, 0.25) is 5.91 Å². The second-order valence-corrected chi connectivity index (χ2v) is 6.24. The lowest BCUT2D eigenvalue weighted by Crippen LogP contribution is -2.16. The fourth-order valence-corrected chi connectivity index (χ4v) is 2.54. The number of rotatable bonds is 5. The first-order valence-electron chi connectivity index (χ1n) is 7.71. The third-order valence-corrected chi connectivity index (χ3v) is 4.15. The van der Waals surface area contributed by atoms with Gasteiger partial charge < -0.3 is 10.6 Å². The average Bonchev–Trinajstić information content (AvgIpc) is 3.42. The molecule has 0 saturated heterocycles. The van der Waals surface area contributed by atoms with Crippen LogP contribution in [0.25, 0.3) is 0 Å². The maximum Gasteiger partial charge on any atom is 0.270 e. The zero-order chi connectivity index (χ0) is 18.8. The maximum atomic E-state index is 13.8. The minimum Gasteiger partial charge on any atom is -0.323 e. The molecule has 0 heterocycles. The van der Waals surface area contributed by atoms with Crippen molar-refractivity contribution >= 4 is 40.5 Å². The number of non-ortho nitro benzene ring substituents is 1. The van der Waals surface area contributed by atoms with Gasteiger partial charge in [-0.1, -0.05) is 11.6 Å². The number of benzene rings is 2. The van der Waals surface area contributed by atoms with Crippen LogP contribution in [0.1, 0.15) is 23.2 Å². The second-order valence-electron chi connectivity index (χ2n) is 5.83. The summed E-state index contributed by atoms with van der Waals surface area (Å²) in [6.07, 6.45) is 1.56. The third kappa shape index (κ3) is 3.97. The van der Waals surface area contributed by atoms with Gasteiger partial charge in [0.15, 0.2) is 0 Å². The van der Waals surface area contributed by atoms with Crippen molar-refractivity contribution < 1.29 is 18.9 Å². The Bertz CT molecular complexity index is 915. The predicted molar refractivity (Wildman–Crippen MR) is 93.8 cm³/mol. The lowest BCUT2D eigenvalue weighted by Gasteiger charge is -2.10. The number of carbonyl (C=O) groups excluding carboxylic acids is 2. The molecule has 0 aliphatic heterocycles. The molecule has 3 rings (SSSR count). The second kappa shape index (κ2) is 7.09. The van der Waals surface area contributed by atoms with Crippen molar-refractivity contribution in [2.75, 3.05) is 10.6 Å². The van der Waals surface area contributed by atoms with E-state index in [0.717, 1.165) is 31.0 Å². The molecule has 2 N–H and O–H groups in total. The molecule has 0 spiro atoms. The van der Waals surface area contributed by atoms with Crippen LogP contribution < -0.4 is 10.6 Å². The number of amides is 2. The molecule has 26 heavy (non-hydrogen) atoms. The number of nitrogens with zero attached hydrogens (tertiary/aromatic N) is 1. The Morgan fingerprint density at radius 1 is 1.15 bits per heavy atom. The van der Waals surface area contributed by atoms with Crippen molar-refractivity contribution in [3.05, 3.63) is 62.9 Å². The van der Waals surface area contributed by atoms with E-state index in [1.165, 1.54) is 18.2 Å². The number of hydrogen-bond acceptors (Lipinski definition) is 4. The highest BCUT2D eigenvalue weighted by molar-refractivity contribution is 6.34. The Balaban J connectivity index is 1.76. The van der Waals surface area contributed by atoms with Crippen LogP contribution in [-0.2, 0) is 4.79 Å². The van der Waals surface area contributed by atoms with Crippen LogP contribution in [0.2, 0.25) is 5.02 Å². The molecule has 134 valence electrons. The van der Waals surface area contributed by atoms with Crippen LogP contribution in [0.4, 0.5) is 21.5 Å². The average molecular weight is 378 g/mol. The summed E-state index contributed by atoms with van der Waals surface area (Å²) in [5.41, 5.74) is 0.00924. The number of nitro groups is 1. The molecular weight excluding hydrogens is 365 g/mol. The summed E-state index contributed by atoms with van der Waals surface area (Å²) in [6, 6.07) is 7.21. The van der Waals surface area contributed by atoms with Gasteiger partial charge in [-0.3, -0.25) is 19.7 Å². The van der Waals surface area contributed by atoms with E-state index < -0.39 is 16.6 Å². The summed E-state index contributed by atoms with van der Waals surface area (Å²) in [4.78, 5) is 34.2. The van der Waals surface area contributed by atoms with E-state index in [0.29, 0.717) is 0 Å².